The van der Waals surface area contributed by atoms with Crippen LogP contribution >= 0.6 is 0 Å². The van der Waals surface area contributed by atoms with E-state index in [1.807, 2.05) is 352 Å². The second-order valence-electron chi connectivity index (χ2n) is 30.5. The molecule has 0 saturated carbocycles. The van der Waals surface area contributed by atoms with Gasteiger partial charge in [-0.15, -0.1) is 0 Å². The lowest BCUT2D eigenvalue weighted by molar-refractivity contribution is -0.144. The number of ether oxygens (including phenoxy) is 15. The first kappa shape index (κ1) is 85.8. The van der Waals surface area contributed by atoms with Gasteiger partial charge in [0.15, 0.2) is 0 Å². The van der Waals surface area contributed by atoms with Crippen molar-refractivity contribution < 1.29 is 80.3 Å². The highest BCUT2D eigenvalue weighted by Gasteiger charge is 2.18. The Bertz CT molecular complexity index is 5220. The molecule has 0 bridgehead atoms. The molecule has 642 valence electrons. The predicted molar refractivity (Wildman–Crippen MR) is 489 cm³/mol. The summed E-state index contributed by atoms with van der Waals surface area (Å²) in [6.45, 7) is 3.19. The van der Waals surface area contributed by atoms with Gasteiger partial charge in [-0.1, -0.05) is 243 Å². The Morgan fingerprint density at radius 1 is 0.164 bits per heavy atom. The normalized spacial score (nSPS) is 10.9. The van der Waals surface area contributed by atoms with Gasteiger partial charge in [-0.25, -0.2) is 0 Å². The summed E-state index contributed by atoms with van der Waals surface area (Å²) in [4.78, 5) is 13.9. The summed E-state index contributed by atoms with van der Waals surface area (Å²) in [5.74, 6) is 7.63. The smallest absolute Gasteiger partial charge is 0.310 e. The van der Waals surface area contributed by atoms with Gasteiger partial charge in [0.05, 0.1) is 12.7 Å². The van der Waals surface area contributed by atoms with Crippen molar-refractivity contribution in [3.63, 3.8) is 0 Å². The van der Waals surface area contributed by atoms with Crippen molar-refractivity contribution in [1.29, 1.82) is 0 Å². The van der Waals surface area contributed by atoms with E-state index in [1.54, 1.807) is 30.3 Å². The molecule has 0 fully saturated rings. The molecule has 1 aromatic heterocycles. The highest BCUT2D eigenvalue weighted by atomic mass is 16.5. The third-order valence-electron chi connectivity index (χ3n) is 20.3. The van der Waals surface area contributed by atoms with Gasteiger partial charge < -0.3 is 75.5 Å². The number of hydrogen-bond acceptors (Lipinski definition) is 17. The number of benzene rings is 15. The Kier molecular flexibility index (Phi) is 30.2. The number of furan rings is 1. The molecule has 1 heterocycles. The number of carbonyl (C=O) groups is 1. The van der Waals surface area contributed by atoms with Crippen molar-refractivity contribution in [1.82, 2.24) is 0 Å². The lowest BCUT2D eigenvalue weighted by atomic mass is 10.1. The molecule has 0 aliphatic rings. The lowest BCUT2D eigenvalue weighted by Gasteiger charge is -2.17. The fraction of sp³-hybridized carbons (Fsp3) is 0.144. The third kappa shape index (κ3) is 27.6. The average Bonchev–Trinajstić information content (AvgIpc) is 0.911. The zero-order valence-electron chi connectivity index (χ0n) is 70.7. The molecule has 0 radical (unpaired) electrons. The molecule has 16 aromatic rings. The molecular weight excluding hydrogens is 1610 g/mol. The molecular formula is C111H96O17. The Labute approximate surface area is 745 Å². The first-order valence-electron chi connectivity index (χ1n) is 42.4. The largest absolute Gasteiger partial charge is 0.489 e. The van der Waals surface area contributed by atoms with Crippen LogP contribution in [0.15, 0.2) is 393 Å². The molecule has 0 atom stereocenters. The van der Waals surface area contributed by atoms with Crippen molar-refractivity contribution in [3.8, 4) is 80.5 Å². The molecule has 0 aliphatic heterocycles. The van der Waals surface area contributed by atoms with Crippen molar-refractivity contribution >= 4 is 5.97 Å². The van der Waals surface area contributed by atoms with E-state index in [4.69, 9.17) is 75.5 Å². The highest BCUT2D eigenvalue weighted by molar-refractivity contribution is 5.73. The zero-order valence-corrected chi connectivity index (χ0v) is 70.7. The van der Waals surface area contributed by atoms with Crippen LogP contribution < -0.4 is 66.3 Å². The van der Waals surface area contributed by atoms with Gasteiger partial charge in [0.2, 0.25) is 0 Å². The van der Waals surface area contributed by atoms with E-state index in [2.05, 4.69) is 0 Å². The van der Waals surface area contributed by atoms with Gasteiger partial charge in [0.25, 0.3) is 0 Å². The minimum Gasteiger partial charge on any atom is -0.489 e. The van der Waals surface area contributed by atoms with Crippen molar-refractivity contribution in [2.75, 3.05) is 0 Å². The van der Waals surface area contributed by atoms with Crippen LogP contribution in [0.3, 0.4) is 0 Å². The first-order valence-corrected chi connectivity index (χ1v) is 42.4. The van der Waals surface area contributed by atoms with E-state index in [-0.39, 0.29) is 52.7 Å². The first-order chi connectivity index (χ1) is 63.1. The van der Waals surface area contributed by atoms with Crippen LogP contribution in [0.25, 0.3) is 0 Å². The van der Waals surface area contributed by atoms with E-state index >= 15 is 0 Å². The van der Waals surface area contributed by atoms with Gasteiger partial charge in [0, 0.05) is 42.5 Å². The fourth-order valence-corrected chi connectivity index (χ4v) is 13.9. The van der Waals surface area contributed by atoms with Crippen LogP contribution in [-0.2, 0) is 115 Å². The number of esters is 1. The summed E-state index contributed by atoms with van der Waals surface area (Å²) in [5.41, 5.74) is 13.3. The second-order valence-corrected chi connectivity index (χ2v) is 30.5. The van der Waals surface area contributed by atoms with Gasteiger partial charge in [0.1, 0.15) is 185 Å². The van der Waals surface area contributed by atoms with Crippen LogP contribution in [-0.4, -0.2) is 5.97 Å². The third-order valence-corrected chi connectivity index (χ3v) is 20.3. The van der Waals surface area contributed by atoms with Crippen molar-refractivity contribution in [2.24, 2.45) is 0 Å². The van der Waals surface area contributed by atoms with Crippen LogP contribution in [0.4, 0.5) is 0 Å². The second kappa shape index (κ2) is 45.1. The van der Waals surface area contributed by atoms with Gasteiger partial charge in [-0.3, -0.25) is 4.79 Å². The summed E-state index contributed by atoms with van der Waals surface area (Å²) in [6.07, 6.45) is 1.40. The predicted octanol–water partition coefficient (Wildman–Crippen LogP) is 24.7. The molecule has 0 N–H and O–H groups in total. The van der Waals surface area contributed by atoms with Gasteiger partial charge >= 0.3 is 5.97 Å². The molecule has 16 rings (SSSR count). The molecule has 0 amide bonds. The fourth-order valence-electron chi connectivity index (χ4n) is 13.9. The standard InChI is InChI=1S/C111H96O17/c112-111(128-80-96-42-25-43-113-96)58-89-44-97(122-74-94-54-107(124-76-90-46-99(114-66-81-26-9-1-10-27-81)60-100(47-90)115-67-82-28-11-2-12-29-82)64-108(55-94)125-77-91-48-101(116-68-83-30-13-3-14-31-83)61-102(49-91)117-69-84-32-15-4-16-33-84)59-98(45-89)123-75-95-56-109(126-78-92-50-103(118-70-85-34-17-5-18-35-85)62-104(51-92)119-71-86-36-19-6-20-37-86)65-110(57-95)127-79-93-52-105(120-72-87-38-21-7-22-39-87)63-106(53-93)121-73-88-40-23-8-24-41-88/h1-57,59-65H,58,66-80H2. The minimum atomic E-state index is -0.500. The van der Waals surface area contributed by atoms with Crippen LogP contribution in [0.5, 0.6) is 80.5 Å². The number of hydrogen-bond donors (Lipinski definition) is 0. The maximum atomic E-state index is 13.9. The van der Waals surface area contributed by atoms with Crippen molar-refractivity contribution in [2.45, 2.75) is 106 Å². The van der Waals surface area contributed by atoms with Crippen LogP contribution in [0.1, 0.15) is 89.2 Å². The van der Waals surface area contributed by atoms with Gasteiger partial charge in [-0.05, 0) is 181 Å². The Morgan fingerprint density at radius 3 is 0.477 bits per heavy atom. The molecule has 17 heteroatoms. The minimum absolute atomic E-state index is 0.00541. The quantitative estimate of drug-likeness (QED) is 0.0330. The summed E-state index contributed by atoms with van der Waals surface area (Å²) < 4.78 is 104. The van der Waals surface area contributed by atoms with Crippen LogP contribution in [0.2, 0.25) is 0 Å². The summed E-state index contributed by atoms with van der Waals surface area (Å²) >= 11 is 0. The Balaban J connectivity index is 0.698. The molecule has 0 spiro atoms. The SMILES string of the molecule is O=C(Cc1cc(OCc2cc(OCc3cc(OCc4ccccc4)cc(OCc4ccccc4)c3)cc(OCc3cc(OCc4ccccc4)cc(OCc4ccccc4)c3)c2)cc(OCc2cc(OCc3cc(OCc4ccccc4)cc(OCc4ccccc4)c3)cc(OCc3cc(OCc4ccccc4)cc(OCc4ccccc4)c3)c2)c1)OCc1ccco1. The topological polar surface area (TPSA) is 169 Å². The summed E-state index contributed by atoms with van der Waals surface area (Å²) in [7, 11) is 0. The number of rotatable bonds is 46. The van der Waals surface area contributed by atoms with E-state index in [9.17, 15) is 4.79 Å². The van der Waals surface area contributed by atoms with Crippen molar-refractivity contribution in [3.05, 3.63) is 478 Å². The summed E-state index contributed by atoms with van der Waals surface area (Å²) in [5, 5.41) is 0. The van der Waals surface area contributed by atoms with E-state index < -0.39 is 5.97 Å². The maximum absolute atomic E-state index is 13.9. The number of carbonyl (C=O) groups excluding carboxylic acids is 1. The molecule has 17 nitrogen and oxygen atoms in total. The molecule has 0 unspecified atom stereocenters. The van der Waals surface area contributed by atoms with Crippen LogP contribution in [0, 0.1) is 0 Å². The Hall–Kier alpha value is -15.8. The highest BCUT2D eigenvalue weighted by Crippen LogP contribution is 2.36. The molecule has 15 aromatic carbocycles. The van der Waals surface area contributed by atoms with Gasteiger partial charge in [-0.2, -0.15) is 0 Å². The molecule has 0 aliphatic carbocycles. The van der Waals surface area contributed by atoms with E-state index in [1.165, 1.54) is 6.26 Å². The monoisotopic (exact) mass is 1700 g/mol. The zero-order chi connectivity index (χ0) is 86.8. The summed E-state index contributed by atoms with van der Waals surface area (Å²) in [6, 6.07) is 124. The van der Waals surface area contributed by atoms with E-state index in [0.29, 0.717) is 156 Å². The maximum Gasteiger partial charge on any atom is 0.310 e. The Morgan fingerprint density at radius 2 is 0.320 bits per heavy atom. The lowest BCUT2D eigenvalue weighted by Crippen LogP contribution is -2.08. The van der Waals surface area contributed by atoms with E-state index in [0.717, 1.165) is 66.8 Å². The molecule has 128 heavy (non-hydrogen) atoms. The molecule has 0 saturated heterocycles. The average molecular weight is 1700 g/mol.